The first-order chi connectivity index (χ1) is 12.7. The van der Waals surface area contributed by atoms with Gasteiger partial charge in [-0.15, -0.1) is 0 Å². The molecular formula is C19H16N4O3. The number of nitrogens with zero attached hydrogens (tertiary/aromatic N) is 2. The molecule has 2 aromatic carbocycles. The monoisotopic (exact) mass is 348 g/mol. The number of carbonyl (C=O) groups is 1. The smallest absolute Gasteiger partial charge is 0.258 e. The quantitative estimate of drug-likeness (QED) is 0.750. The van der Waals surface area contributed by atoms with Crippen molar-refractivity contribution < 1.29 is 14.3 Å². The average molecular weight is 348 g/mol. The lowest BCUT2D eigenvalue weighted by atomic mass is 10.2. The van der Waals surface area contributed by atoms with Crippen LogP contribution in [0, 0.1) is 6.92 Å². The van der Waals surface area contributed by atoms with Gasteiger partial charge in [-0.1, -0.05) is 12.1 Å². The summed E-state index contributed by atoms with van der Waals surface area (Å²) in [4.78, 5) is 20.7. The van der Waals surface area contributed by atoms with Gasteiger partial charge in [-0.05, 0) is 36.8 Å². The van der Waals surface area contributed by atoms with Gasteiger partial charge in [0.2, 0.25) is 12.7 Å². The minimum absolute atomic E-state index is 0.190. The molecule has 0 spiro atoms. The zero-order valence-electron chi connectivity index (χ0n) is 14.0. The molecule has 0 unspecified atom stereocenters. The van der Waals surface area contributed by atoms with Gasteiger partial charge in [0.15, 0.2) is 11.5 Å². The van der Waals surface area contributed by atoms with E-state index in [2.05, 4.69) is 20.6 Å². The summed E-state index contributed by atoms with van der Waals surface area (Å²) in [6.07, 6.45) is 2.96. The van der Waals surface area contributed by atoms with Gasteiger partial charge in [0.1, 0.15) is 0 Å². The van der Waals surface area contributed by atoms with Crippen molar-refractivity contribution in [2.75, 3.05) is 17.4 Å². The fourth-order valence-electron chi connectivity index (χ4n) is 2.54. The number of nitrogens with one attached hydrogen (secondary N) is 2. The van der Waals surface area contributed by atoms with E-state index in [0.717, 1.165) is 11.3 Å². The van der Waals surface area contributed by atoms with E-state index in [4.69, 9.17) is 9.47 Å². The molecule has 1 aromatic heterocycles. The lowest BCUT2D eigenvalue weighted by molar-refractivity contribution is 0.102. The second kappa shape index (κ2) is 6.72. The number of aromatic nitrogens is 2. The van der Waals surface area contributed by atoms with Gasteiger partial charge in [0.05, 0.1) is 5.56 Å². The van der Waals surface area contributed by atoms with Gasteiger partial charge in [-0.3, -0.25) is 4.79 Å². The molecule has 130 valence electrons. The van der Waals surface area contributed by atoms with Crippen LogP contribution >= 0.6 is 0 Å². The molecule has 3 aromatic rings. The van der Waals surface area contributed by atoms with Crippen LogP contribution in [-0.2, 0) is 0 Å². The fraction of sp³-hybridized carbons (Fsp3) is 0.105. The number of rotatable bonds is 4. The highest BCUT2D eigenvalue weighted by Crippen LogP contribution is 2.34. The number of aryl methyl sites for hydroxylation is 1. The van der Waals surface area contributed by atoms with Crippen molar-refractivity contribution in [1.29, 1.82) is 0 Å². The van der Waals surface area contributed by atoms with Crippen LogP contribution in [0.4, 0.5) is 17.3 Å². The Labute approximate surface area is 150 Å². The molecule has 1 aliphatic heterocycles. The second-order valence-electron chi connectivity index (χ2n) is 5.81. The Balaban J connectivity index is 1.43. The van der Waals surface area contributed by atoms with E-state index in [-0.39, 0.29) is 12.7 Å². The maximum Gasteiger partial charge on any atom is 0.258 e. The number of amides is 1. The standard InChI is InChI=1S/C19H16N4O3/c1-12-3-2-4-14(7-12)23-19-20-9-13(10-21-19)18(24)22-15-5-6-16-17(8-15)26-11-25-16/h2-10H,11H2,1H3,(H,22,24)(H,20,21,23). The van der Waals surface area contributed by atoms with Crippen LogP contribution in [0.3, 0.4) is 0 Å². The average Bonchev–Trinajstić information content (AvgIpc) is 3.10. The van der Waals surface area contributed by atoms with Gasteiger partial charge in [0, 0.05) is 29.8 Å². The molecule has 0 atom stereocenters. The zero-order chi connectivity index (χ0) is 17.9. The van der Waals surface area contributed by atoms with Crippen LogP contribution in [0.25, 0.3) is 0 Å². The Bertz CT molecular complexity index is 957. The third-order valence-corrected chi connectivity index (χ3v) is 3.82. The van der Waals surface area contributed by atoms with Gasteiger partial charge < -0.3 is 20.1 Å². The van der Waals surface area contributed by atoms with Gasteiger partial charge in [0.25, 0.3) is 5.91 Å². The van der Waals surface area contributed by atoms with E-state index < -0.39 is 0 Å². The van der Waals surface area contributed by atoms with E-state index in [0.29, 0.717) is 28.7 Å². The lowest BCUT2D eigenvalue weighted by Crippen LogP contribution is -2.13. The van der Waals surface area contributed by atoms with Crippen molar-refractivity contribution >= 4 is 23.2 Å². The minimum Gasteiger partial charge on any atom is -0.454 e. The first kappa shape index (κ1) is 15.9. The highest BCUT2D eigenvalue weighted by atomic mass is 16.7. The summed E-state index contributed by atoms with van der Waals surface area (Å²) in [7, 11) is 0. The third kappa shape index (κ3) is 3.41. The maximum absolute atomic E-state index is 12.3. The van der Waals surface area contributed by atoms with Crippen LogP contribution in [0.5, 0.6) is 11.5 Å². The molecule has 0 fully saturated rings. The molecule has 4 rings (SSSR count). The Morgan fingerprint density at radius 1 is 1.00 bits per heavy atom. The molecule has 0 aliphatic carbocycles. The third-order valence-electron chi connectivity index (χ3n) is 3.82. The number of carbonyl (C=O) groups excluding carboxylic acids is 1. The number of hydrogen-bond acceptors (Lipinski definition) is 6. The van der Waals surface area contributed by atoms with Crippen LogP contribution in [-0.4, -0.2) is 22.7 Å². The summed E-state index contributed by atoms with van der Waals surface area (Å²) in [5.74, 6) is 1.40. The molecule has 26 heavy (non-hydrogen) atoms. The Morgan fingerprint density at radius 2 is 1.81 bits per heavy atom. The predicted molar refractivity (Wildman–Crippen MR) is 97.0 cm³/mol. The summed E-state index contributed by atoms with van der Waals surface area (Å²) < 4.78 is 10.6. The van der Waals surface area contributed by atoms with Gasteiger partial charge in [-0.25, -0.2) is 9.97 Å². The molecule has 1 aliphatic rings. The first-order valence-corrected chi connectivity index (χ1v) is 8.04. The highest BCUT2D eigenvalue weighted by molar-refractivity contribution is 6.04. The normalized spacial score (nSPS) is 11.9. The first-order valence-electron chi connectivity index (χ1n) is 8.04. The minimum atomic E-state index is -0.300. The van der Waals surface area contributed by atoms with E-state index in [1.807, 2.05) is 31.2 Å². The van der Waals surface area contributed by atoms with Crippen molar-refractivity contribution in [3.63, 3.8) is 0 Å². The predicted octanol–water partition coefficient (Wildman–Crippen LogP) is 3.51. The Kier molecular flexibility index (Phi) is 4.10. The van der Waals surface area contributed by atoms with Crippen molar-refractivity contribution in [2.24, 2.45) is 0 Å². The lowest BCUT2D eigenvalue weighted by Gasteiger charge is -2.08. The van der Waals surface area contributed by atoms with E-state index in [1.165, 1.54) is 12.4 Å². The van der Waals surface area contributed by atoms with E-state index in [1.54, 1.807) is 18.2 Å². The number of benzene rings is 2. The van der Waals surface area contributed by atoms with Crippen LogP contribution in [0.15, 0.2) is 54.9 Å². The topological polar surface area (TPSA) is 85.4 Å². The molecule has 0 radical (unpaired) electrons. The summed E-state index contributed by atoms with van der Waals surface area (Å²) >= 11 is 0. The summed E-state index contributed by atoms with van der Waals surface area (Å²) in [5, 5.41) is 5.89. The van der Waals surface area contributed by atoms with Crippen LogP contribution in [0.2, 0.25) is 0 Å². The summed E-state index contributed by atoms with van der Waals surface area (Å²) in [6, 6.07) is 13.1. The largest absolute Gasteiger partial charge is 0.454 e. The van der Waals surface area contributed by atoms with Crippen molar-refractivity contribution in [2.45, 2.75) is 6.92 Å². The molecule has 0 bridgehead atoms. The highest BCUT2D eigenvalue weighted by Gasteiger charge is 2.15. The molecule has 2 N–H and O–H groups in total. The Hall–Kier alpha value is -3.61. The molecule has 7 nitrogen and oxygen atoms in total. The van der Waals surface area contributed by atoms with Crippen LogP contribution < -0.4 is 20.1 Å². The molecular weight excluding hydrogens is 332 g/mol. The second-order valence-corrected chi connectivity index (χ2v) is 5.81. The molecule has 1 amide bonds. The SMILES string of the molecule is Cc1cccc(Nc2ncc(C(=O)Nc3ccc4c(c3)OCO4)cn2)c1. The van der Waals surface area contributed by atoms with Gasteiger partial charge in [-0.2, -0.15) is 0 Å². The number of hydrogen-bond donors (Lipinski definition) is 2. The van der Waals surface area contributed by atoms with E-state index >= 15 is 0 Å². The maximum atomic E-state index is 12.3. The number of anilines is 3. The van der Waals surface area contributed by atoms with Crippen molar-refractivity contribution in [1.82, 2.24) is 9.97 Å². The van der Waals surface area contributed by atoms with Crippen molar-refractivity contribution in [3.05, 3.63) is 66.0 Å². The van der Waals surface area contributed by atoms with Crippen molar-refractivity contribution in [3.8, 4) is 11.5 Å². The zero-order valence-corrected chi connectivity index (χ0v) is 14.0. The fourth-order valence-corrected chi connectivity index (χ4v) is 2.54. The molecule has 0 saturated heterocycles. The molecule has 2 heterocycles. The van der Waals surface area contributed by atoms with Gasteiger partial charge >= 0.3 is 0 Å². The summed E-state index contributed by atoms with van der Waals surface area (Å²) in [6.45, 7) is 2.20. The Morgan fingerprint density at radius 3 is 2.62 bits per heavy atom. The summed E-state index contributed by atoms with van der Waals surface area (Å²) in [5.41, 5.74) is 3.00. The molecule has 0 saturated carbocycles. The molecule has 7 heteroatoms. The van der Waals surface area contributed by atoms with Crippen LogP contribution in [0.1, 0.15) is 15.9 Å². The number of fused-ring (bicyclic) bond motifs is 1. The van der Waals surface area contributed by atoms with E-state index in [9.17, 15) is 4.79 Å². The number of ether oxygens (including phenoxy) is 2.